The van der Waals surface area contributed by atoms with Crippen molar-refractivity contribution in [3.8, 4) is 11.3 Å². The van der Waals surface area contributed by atoms with E-state index in [0.717, 1.165) is 62.5 Å². The van der Waals surface area contributed by atoms with E-state index in [-0.39, 0.29) is 16.3 Å². The molecular formula is C26H41FN4OSi. The molecule has 1 aromatic heterocycles. The molecule has 2 aliphatic heterocycles. The molecule has 3 heterocycles. The minimum atomic E-state index is -2.38. The molecule has 2 aliphatic rings. The van der Waals surface area contributed by atoms with Crippen LogP contribution >= 0.6 is 0 Å². The molecule has 33 heavy (non-hydrogen) atoms. The average molecular weight is 473 g/mol. The number of imidazole rings is 1. The van der Waals surface area contributed by atoms with Crippen molar-refractivity contribution in [2.45, 2.75) is 76.5 Å². The van der Waals surface area contributed by atoms with Gasteiger partial charge in [-0.15, -0.1) is 0 Å². The van der Waals surface area contributed by atoms with Crippen LogP contribution in [0.2, 0.25) is 18.1 Å². The van der Waals surface area contributed by atoms with Gasteiger partial charge < -0.3 is 19.6 Å². The zero-order chi connectivity index (χ0) is 23.9. The zero-order valence-electron chi connectivity index (χ0n) is 21.0. The number of rotatable bonds is 8. The Hall–Kier alpha value is -1.54. The van der Waals surface area contributed by atoms with Crippen LogP contribution in [0.4, 0.5) is 4.39 Å². The maximum atomic E-state index is 13.9. The normalized spacial score (nSPS) is 19.5. The van der Waals surface area contributed by atoms with Crippen molar-refractivity contribution < 1.29 is 9.19 Å². The summed E-state index contributed by atoms with van der Waals surface area (Å²) >= 11 is 0. The molecule has 5 nitrogen and oxygen atoms in total. The summed E-state index contributed by atoms with van der Waals surface area (Å²) in [6.07, 6.45) is 6.43. The highest BCUT2D eigenvalue weighted by molar-refractivity contribution is 6.72. The second-order valence-electron chi connectivity index (χ2n) is 11.5. The molecule has 0 amide bonds. The third kappa shape index (κ3) is 5.11. The number of likely N-dealkylation sites (tertiary alicyclic amines) is 1. The Labute approximate surface area is 199 Å². The van der Waals surface area contributed by atoms with Crippen LogP contribution in [0.3, 0.4) is 0 Å². The molecule has 2 N–H and O–H groups in total. The maximum Gasteiger partial charge on any atom is 0.188 e. The molecule has 0 aliphatic carbocycles. The SMILES string of the molecule is Cc1cc(-c2cn(CCN3CCC3)c(C3(CC(C)(C)[Si](C)(C)O)CCNCC3)n2)ccc1F. The summed E-state index contributed by atoms with van der Waals surface area (Å²) in [4.78, 5) is 18.9. The summed E-state index contributed by atoms with van der Waals surface area (Å²) in [7, 11) is -2.38. The minimum Gasteiger partial charge on any atom is -0.432 e. The monoisotopic (exact) mass is 472 g/mol. The van der Waals surface area contributed by atoms with Gasteiger partial charge in [0.2, 0.25) is 0 Å². The van der Waals surface area contributed by atoms with Crippen LogP contribution in [0.25, 0.3) is 11.3 Å². The van der Waals surface area contributed by atoms with Crippen molar-refractivity contribution in [3.05, 3.63) is 41.6 Å². The van der Waals surface area contributed by atoms with Crippen molar-refractivity contribution in [2.75, 3.05) is 32.7 Å². The van der Waals surface area contributed by atoms with E-state index in [1.807, 2.05) is 19.1 Å². The molecule has 0 radical (unpaired) electrons. The van der Waals surface area contributed by atoms with Gasteiger partial charge in [0.25, 0.3) is 0 Å². The Balaban J connectivity index is 1.76. The molecule has 0 unspecified atom stereocenters. The first-order chi connectivity index (χ1) is 15.5. The van der Waals surface area contributed by atoms with Crippen molar-refractivity contribution in [1.82, 2.24) is 19.8 Å². The fourth-order valence-corrected chi connectivity index (χ4v) is 6.03. The van der Waals surface area contributed by atoms with E-state index in [0.29, 0.717) is 5.56 Å². The smallest absolute Gasteiger partial charge is 0.188 e. The third-order valence-corrected chi connectivity index (χ3v) is 11.8. The number of nitrogens with one attached hydrogen (secondary N) is 1. The lowest BCUT2D eigenvalue weighted by Gasteiger charge is -2.46. The van der Waals surface area contributed by atoms with Crippen LogP contribution in [-0.2, 0) is 12.0 Å². The van der Waals surface area contributed by atoms with Crippen molar-refractivity contribution in [1.29, 1.82) is 0 Å². The van der Waals surface area contributed by atoms with Gasteiger partial charge in [0, 0.05) is 30.3 Å². The van der Waals surface area contributed by atoms with E-state index in [9.17, 15) is 9.19 Å². The minimum absolute atomic E-state index is 0.0793. The predicted molar refractivity (Wildman–Crippen MR) is 136 cm³/mol. The van der Waals surface area contributed by atoms with Gasteiger partial charge in [-0.2, -0.15) is 0 Å². The van der Waals surface area contributed by atoms with Gasteiger partial charge in [-0.25, -0.2) is 9.37 Å². The van der Waals surface area contributed by atoms with Gasteiger partial charge in [0.05, 0.1) is 5.69 Å². The Kier molecular flexibility index (Phi) is 6.89. The molecular weight excluding hydrogens is 431 g/mol. The molecule has 182 valence electrons. The highest BCUT2D eigenvalue weighted by Gasteiger charge is 2.48. The zero-order valence-corrected chi connectivity index (χ0v) is 22.0. The number of halogens is 1. The van der Waals surface area contributed by atoms with Gasteiger partial charge in [-0.1, -0.05) is 13.8 Å². The van der Waals surface area contributed by atoms with E-state index in [1.54, 1.807) is 6.07 Å². The van der Waals surface area contributed by atoms with Crippen LogP contribution < -0.4 is 5.32 Å². The van der Waals surface area contributed by atoms with Gasteiger partial charge in [-0.05, 0) is 101 Å². The molecule has 0 bridgehead atoms. The standard InChI is InChI=1S/C26H41FN4OSi/c1-20-17-21(7-8-22(20)27)23-18-31(16-15-30-13-6-14-30)24(29-23)26(9-11-28-12-10-26)19-25(2,3)33(4,5)32/h7-8,17-18,28,32H,6,9-16,19H2,1-5H3. The Bertz CT molecular complexity index is 971. The molecule has 2 aromatic rings. The number of piperidine rings is 1. The lowest BCUT2D eigenvalue weighted by molar-refractivity contribution is 0.170. The molecule has 0 spiro atoms. The average Bonchev–Trinajstić information content (AvgIpc) is 3.13. The number of aryl methyl sites for hydroxylation is 1. The van der Waals surface area contributed by atoms with Gasteiger partial charge in [0.15, 0.2) is 8.32 Å². The number of nitrogens with zero attached hydrogens (tertiary/aromatic N) is 3. The van der Waals surface area contributed by atoms with E-state index in [1.165, 1.54) is 19.5 Å². The van der Waals surface area contributed by atoms with Crippen LogP contribution in [-0.4, -0.2) is 60.3 Å². The third-order valence-electron chi connectivity index (χ3n) is 8.31. The summed E-state index contributed by atoms with van der Waals surface area (Å²) in [5, 5.41) is 3.40. The summed E-state index contributed by atoms with van der Waals surface area (Å²) in [6, 6.07) is 5.30. The van der Waals surface area contributed by atoms with Gasteiger partial charge in [-0.3, -0.25) is 0 Å². The summed E-state index contributed by atoms with van der Waals surface area (Å²) in [6.45, 7) is 16.6. The van der Waals surface area contributed by atoms with Crippen LogP contribution in [0, 0.1) is 12.7 Å². The fraction of sp³-hybridized carbons (Fsp3) is 0.654. The van der Waals surface area contributed by atoms with E-state index >= 15 is 0 Å². The van der Waals surface area contributed by atoms with Crippen LogP contribution in [0.1, 0.15) is 50.9 Å². The first-order valence-electron chi connectivity index (χ1n) is 12.5. The summed E-state index contributed by atoms with van der Waals surface area (Å²) in [5.41, 5.74) is 2.46. The number of benzene rings is 1. The number of aromatic nitrogens is 2. The molecule has 2 saturated heterocycles. The van der Waals surface area contributed by atoms with E-state index in [4.69, 9.17) is 4.98 Å². The van der Waals surface area contributed by atoms with Crippen molar-refractivity contribution >= 4 is 8.32 Å². The first kappa shape index (κ1) is 24.6. The molecule has 1 aromatic carbocycles. The highest BCUT2D eigenvalue weighted by Crippen LogP contribution is 2.50. The maximum absolute atomic E-state index is 13.9. The lowest BCUT2D eigenvalue weighted by atomic mass is 9.72. The largest absolute Gasteiger partial charge is 0.432 e. The molecule has 4 rings (SSSR count). The highest BCUT2D eigenvalue weighted by atomic mass is 28.4. The second-order valence-corrected chi connectivity index (χ2v) is 15.9. The molecule has 0 atom stereocenters. The van der Waals surface area contributed by atoms with Crippen LogP contribution in [0.5, 0.6) is 0 Å². The Morgan fingerprint density at radius 3 is 2.45 bits per heavy atom. The second kappa shape index (κ2) is 9.25. The number of hydrogen-bond donors (Lipinski definition) is 2. The van der Waals surface area contributed by atoms with Gasteiger partial charge >= 0.3 is 0 Å². The predicted octanol–water partition coefficient (Wildman–Crippen LogP) is 4.69. The Morgan fingerprint density at radius 1 is 1.18 bits per heavy atom. The molecule has 7 heteroatoms. The number of hydrogen-bond acceptors (Lipinski definition) is 4. The molecule has 2 fully saturated rings. The summed E-state index contributed by atoms with van der Waals surface area (Å²) in [5.74, 6) is 0.968. The summed E-state index contributed by atoms with van der Waals surface area (Å²) < 4.78 is 16.3. The lowest BCUT2D eigenvalue weighted by Crippen LogP contribution is -2.48. The topological polar surface area (TPSA) is 53.3 Å². The van der Waals surface area contributed by atoms with E-state index in [2.05, 4.69) is 47.9 Å². The van der Waals surface area contributed by atoms with E-state index < -0.39 is 8.32 Å². The van der Waals surface area contributed by atoms with Crippen molar-refractivity contribution in [3.63, 3.8) is 0 Å². The Morgan fingerprint density at radius 2 is 1.88 bits per heavy atom. The fourth-order valence-electron chi connectivity index (χ4n) is 5.25. The van der Waals surface area contributed by atoms with Gasteiger partial charge in [0.1, 0.15) is 11.6 Å². The quantitative estimate of drug-likeness (QED) is 0.547. The van der Waals surface area contributed by atoms with Crippen LogP contribution in [0.15, 0.2) is 24.4 Å². The first-order valence-corrected chi connectivity index (χ1v) is 15.5. The van der Waals surface area contributed by atoms with Crippen molar-refractivity contribution in [2.24, 2.45) is 0 Å². The molecule has 0 saturated carbocycles.